The Labute approximate surface area is 113 Å². The van der Waals surface area contributed by atoms with Gasteiger partial charge in [-0.05, 0) is 18.6 Å². The number of thiazole rings is 1. The van der Waals surface area contributed by atoms with Gasteiger partial charge >= 0.3 is 4.87 Å². The molecule has 0 aliphatic carbocycles. The van der Waals surface area contributed by atoms with Crippen LogP contribution in [0.5, 0.6) is 0 Å². The molecule has 1 N–H and O–H groups in total. The summed E-state index contributed by atoms with van der Waals surface area (Å²) in [6.45, 7) is 2.89. The number of hydrogen-bond donors (Lipinski definition) is 1. The molecule has 2 aromatic rings. The van der Waals surface area contributed by atoms with E-state index in [0.29, 0.717) is 18.8 Å². The van der Waals surface area contributed by atoms with Crippen LogP contribution >= 0.6 is 11.3 Å². The first-order valence-electron chi connectivity index (χ1n) is 5.77. The van der Waals surface area contributed by atoms with E-state index in [2.05, 4.69) is 5.32 Å². The summed E-state index contributed by atoms with van der Waals surface area (Å²) < 4.78 is 1.57. The van der Waals surface area contributed by atoms with Crippen LogP contribution in [0.4, 0.5) is 11.4 Å². The summed E-state index contributed by atoms with van der Waals surface area (Å²) in [5.74, 6) is 0. The lowest BCUT2D eigenvalue weighted by Crippen LogP contribution is -2.13. The van der Waals surface area contributed by atoms with Crippen molar-refractivity contribution in [1.82, 2.24) is 4.57 Å². The number of aromatic nitrogens is 1. The molecule has 0 atom stereocenters. The summed E-state index contributed by atoms with van der Waals surface area (Å²) in [5.41, 5.74) is 1.37. The molecule has 0 amide bonds. The van der Waals surface area contributed by atoms with Crippen molar-refractivity contribution in [2.45, 2.75) is 13.5 Å². The molecule has 1 aromatic heterocycles. The topological polar surface area (TPSA) is 77.2 Å². The Balaban J connectivity index is 2.32. The summed E-state index contributed by atoms with van der Waals surface area (Å²) in [6.07, 6.45) is 1.71. The molecule has 6 nitrogen and oxygen atoms in total. The second-order valence-electron chi connectivity index (χ2n) is 3.94. The van der Waals surface area contributed by atoms with Crippen LogP contribution in [0.1, 0.15) is 12.5 Å². The van der Waals surface area contributed by atoms with Crippen LogP contribution in [0.15, 0.2) is 34.6 Å². The average Bonchev–Trinajstić information content (AvgIpc) is 2.75. The van der Waals surface area contributed by atoms with Gasteiger partial charge in [-0.1, -0.05) is 17.4 Å². The van der Waals surface area contributed by atoms with Gasteiger partial charge in [0.15, 0.2) is 0 Å². The van der Waals surface area contributed by atoms with Gasteiger partial charge in [0.1, 0.15) is 5.69 Å². The molecule has 0 radical (unpaired) electrons. The Morgan fingerprint density at radius 2 is 2.26 bits per heavy atom. The Kier molecular flexibility index (Phi) is 3.96. The maximum Gasteiger partial charge on any atom is 0.307 e. The minimum atomic E-state index is -0.418. The molecule has 0 fully saturated rings. The maximum atomic E-state index is 11.5. The highest BCUT2D eigenvalue weighted by molar-refractivity contribution is 7.07. The van der Waals surface area contributed by atoms with E-state index in [4.69, 9.17) is 0 Å². The van der Waals surface area contributed by atoms with Crippen molar-refractivity contribution in [1.29, 1.82) is 0 Å². The highest BCUT2D eigenvalue weighted by atomic mass is 32.1. The summed E-state index contributed by atoms with van der Waals surface area (Å²) in [6, 6.07) is 4.85. The average molecular weight is 279 g/mol. The zero-order chi connectivity index (χ0) is 13.8. The van der Waals surface area contributed by atoms with Crippen molar-refractivity contribution in [3.63, 3.8) is 0 Å². The maximum absolute atomic E-state index is 11.5. The van der Waals surface area contributed by atoms with Crippen molar-refractivity contribution in [2.24, 2.45) is 0 Å². The molecule has 0 aliphatic heterocycles. The van der Waals surface area contributed by atoms with Gasteiger partial charge in [-0.2, -0.15) is 0 Å². The van der Waals surface area contributed by atoms with Crippen LogP contribution < -0.4 is 10.2 Å². The minimum absolute atomic E-state index is 0.0386. The fourth-order valence-corrected chi connectivity index (χ4v) is 2.36. The SMILES string of the molecule is CCNc1cc(Cn2ccsc2=O)ccc1[N+](=O)[O-]. The van der Waals surface area contributed by atoms with Crippen molar-refractivity contribution in [2.75, 3.05) is 11.9 Å². The molecule has 7 heteroatoms. The van der Waals surface area contributed by atoms with Gasteiger partial charge < -0.3 is 9.88 Å². The number of anilines is 1. The second kappa shape index (κ2) is 5.66. The van der Waals surface area contributed by atoms with Gasteiger partial charge in [-0.15, -0.1) is 0 Å². The largest absolute Gasteiger partial charge is 0.380 e. The number of nitro benzene ring substituents is 1. The minimum Gasteiger partial charge on any atom is -0.380 e. The van der Waals surface area contributed by atoms with Gasteiger partial charge in [0.2, 0.25) is 0 Å². The van der Waals surface area contributed by atoms with Gasteiger partial charge in [-0.25, -0.2) is 0 Å². The van der Waals surface area contributed by atoms with Crippen molar-refractivity contribution in [3.8, 4) is 0 Å². The molecule has 0 bridgehead atoms. The molecule has 0 spiro atoms. The van der Waals surface area contributed by atoms with E-state index in [1.807, 2.05) is 6.92 Å². The molecule has 0 saturated carbocycles. The number of nitro groups is 1. The Morgan fingerprint density at radius 3 is 2.84 bits per heavy atom. The second-order valence-corrected chi connectivity index (χ2v) is 4.79. The first-order chi connectivity index (χ1) is 9.11. The standard InChI is InChI=1S/C12H13N3O3S/c1-2-13-10-7-9(3-4-11(10)15(17)18)8-14-5-6-19-12(14)16/h3-7,13H,2,8H2,1H3. The lowest BCUT2D eigenvalue weighted by molar-refractivity contribution is -0.384. The summed E-state index contributed by atoms with van der Waals surface area (Å²) in [4.78, 5) is 21.9. The predicted molar refractivity (Wildman–Crippen MR) is 74.9 cm³/mol. The van der Waals surface area contributed by atoms with Crippen LogP contribution in [0.2, 0.25) is 0 Å². The lowest BCUT2D eigenvalue weighted by Gasteiger charge is -2.07. The van der Waals surface area contributed by atoms with E-state index in [0.717, 1.165) is 16.9 Å². The lowest BCUT2D eigenvalue weighted by atomic mass is 10.1. The zero-order valence-corrected chi connectivity index (χ0v) is 11.1. The van der Waals surface area contributed by atoms with E-state index >= 15 is 0 Å². The van der Waals surface area contributed by atoms with Crippen LogP contribution in [-0.2, 0) is 6.54 Å². The fraction of sp³-hybridized carbons (Fsp3) is 0.250. The fourth-order valence-electron chi connectivity index (χ4n) is 1.78. The molecule has 1 aromatic carbocycles. The third kappa shape index (κ3) is 3.00. The Hall–Kier alpha value is -2.15. The number of nitrogens with zero attached hydrogens (tertiary/aromatic N) is 2. The number of hydrogen-bond acceptors (Lipinski definition) is 5. The molecule has 0 aliphatic rings. The van der Waals surface area contributed by atoms with Crippen LogP contribution in [-0.4, -0.2) is 16.0 Å². The molecule has 1 heterocycles. The molecule has 0 unspecified atom stereocenters. The first-order valence-corrected chi connectivity index (χ1v) is 6.65. The first kappa shape index (κ1) is 13.3. The highest BCUT2D eigenvalue weighted by Crippen LogP contribution is 2.25. The quantitative estimate of drug-likeness (QED) is 0.673. The molecule has 0 saturated heterocycles. The van der Waals surface area contributed by atoms with E-state index in [9.17, 15) is 14.9 Å². The van der Waals surface area contributed by atoms with Crippen molar-refractivity contribution >= 4 is 22.7 Å². The molecule has 2 rings (SSSR count). The van der Waals surface area contributed by atoms with Crippen LogP contribution in [0, 0.1) is 10.1 Å². The van der Waals surface area contributed by atoms with E-state index < -0.39 is 4.92 Å². The van der Waals surface area contributed by atoms with Gasteiger partial charge in [-0.3, -0.25) is 14.9 Å². The highest BCUT2D eigenvalue weighted by Gasteiger charge is 2.13. The molecular formula is C12H13N3O3S. The molecular weight excluding hydrogens is 266 g/mol. The summed E-state index contributed by atoms with van der Waals surface area (Å²) in [5, 5.41) is 15.6. The summed E-state index contributed by atoms with van der Waals surface area (Å²) in [7, 11) is 0. The Bertz CT molecular complexity index is 648. The van der Waals surface area contributed by atoms with E-state index in [1.54, 1.807) is 28.3 Å². The normalized spacial score (nSPS) is 10.4. The van der Waals surface area contributed by atoms with Crippen molar-refractivity contribution in [3.05, 3.63) is 55.1 Å². The smallest absolute Gasteiger partial charge is 0.307 e. The number of nitrogens with one attached hydrogen (secondary N) is 1. The zero-order valence-electron chi connectivity index (χ0n) is 10.3. The molecule has 100 valence electrons. The number of rotatable bonds is 5. The van der Waals surface area contributed by atoms with Crippen LogP contribution in [0.25, 0.3) is 0 Å². The van der Waals surface area contributed by atoms with Crippen molar-refractivity contribution < 1.29 is 4.92 Å². The Morgan fingerprint density at radius 1 is 1.47 bits per heavy atom. The van der Waals surface area contributed by atoms with E-state index in [1.165, 1.54) is 6.07 Å². The van der Waals surface area contributed by atoms with Gasteiger partial charge in [0.05, 0.1) is 11.5 Å². The molecule has 19 heavy (non-hydrogen) atoms. The van der Waals surface area contributed by atoms with Gasteiger partial charge in [0.25, 0.3) is 5.69 Å². The predicted octanol–water partition coefficient (Wildman–Crippen LogP) is 2.30. The summed E-state index contributed by atoms with van der Waals surface area (Å²) >= 11 is 1.13. The van der Waals surface area contributed by atoms with Crippen LogP contribution in [0.3, 0.4) is 0 Å². The van der Waals surface area contributed by atoms with E-state index in [-0.39, 0.29) is 10.6 Å². The monoisotopic (exact) mass is 279 g/mol. The van der Waals surface area contributed by atoms with Gasteiger partial charge in [0, 0.05) is 24.2 Å². The third-order valence-electron chi connectivity index (χ3n) is 2.62. The third-order valence-corrected chi connectivity index (χ3v) is 3.32. The number of benzene rings is 1.